The van der Waals surface area contributed by atoms with Gasteiger partial charge in [-0.3, -0.25) is 4.79 Å². The largest absolute Gasteiger partial charge is 0.385 e. The first-order valence-electron chi connectivity index (χ1n) is 6.34. The zero-order valence-electron chi connectivity index (χ0n) is 11.4. The van der Waals surface area contributed by atoms with E-state index in [1.165, 1.54) is 0 Å². The number of aryl methyl sites for hydroxylation is 1. The van der Waals surface area contributed by atoms with Gasteiger partial charge >= 0.3 is 0 Å². The van der Waals surface area contributed by atoms with Crippen molar-refractivity contribution in [3.63, 3.8) is 0 Å². The van der Waals surface area contributed by atoms with Crippen molar-refractivity contribution in [2.24, 2.45) is 16.5 Å². The predicted molar refractivity (Wildman–Crippen MR) is 78.6 cm³/mol. The molecule has 1 amide bonds. The van der Waals surface area contributed by atoms with Crippen LogP contribution in [-0.4, -0.2) is 30.2 Å². The average Bonchev–Trinajstić information content (AvgIpc) is 2.78. The van der Waals surface area contributed by atoms with Gasteiger partial charge < -0.3 is 20.8 Å². The van der Waals surface area contributed by atoms with Crippen LogP contribution in [0.15, 0.2) is 35.3 Å². The number of carbonyl (C=O) groups is 1. The molecule has 4 N–H and O–H groups in total. The number of fused-ring (bicyclic) bond motifs is 1. The fraction of sp³-hybridized carbons (Fsp3) is 0.286. The predicted octanol–water partition coefficient (Wildman–Crippen LogP) is 1.09. The number of hydrogen-bond acceptors (Lipinski definition) is 2. The number of rotatable bonds is 5. The molecule has 0 atom stereocenters. The van der Waals surface area contributed by atoms with E-state index in [-0.39, 0.29) is 5.96 Å². The molecule has 2 aromatic rings. The summed E-state index contributed by atoms with van der Waals surface area (Å²) in [6, 6.07) is 9.58. The van der Waals surface area contributed by atoms with E-state index in [4.69, 9.17) is 16.2 Å². The Hall–Kier alpha value is -2.34. The van der Waals surface area contributed by atoms with Gasteiger partial charge in [0.1, 0.15) is 5.69 Å². The van der Waals surface area contributed by atoms with Crippen molar-refractivity contribution in [3.05, 3.63) is 36.0 Å². The van der Waals surface area contributed by atoms with Crippen molar-refractivity contribution in [1.82, 2.24) is 4.57 Å². The van der Waals surface area contributed by atoms with Crippen LogP contribution >= 0.6 is 0 Å². The van der Waals surface area contributed by atoms with Gasteiger partial charge in [0, 0.05) is 31.2 Å². The highest BCUT2D eigenvalue weighted by atomic mass is 16.5. The second kappa shape index (κ2) is 6.21. The van der Waals surface area contributed by atoms with Crippen molar-refractivity contribution >= 4 is 22.8 Å². The second-order valence-electron chi connectivity index (χ2n) is 4.43. The maximum Gasteiger partial charge on any atom is 0.296 e. The number of guanidine groups is 1. The number of nitrogens with two attached hydrogens (primary N) is 2. The first kappa shape index (κ1) is 14.1. The van der Waals surface area contributed by atoms with Crippen LogP contribution in [0.1, 0.15) is 16.9 Å². The quantitative estimate of drug-likeness (QED) is 0.484. The zero-order chi connectivity index (χ0) is 14.5. The Labute approximate surface area is 117 Å². The zero-order valence-corrected chi connectivity index (χ0v) is 11.4. The molecule has 6 heteroatoms. The first-order chi connectivity index (χ1) is 9.63. The van der Waals surface area contributed by atoms with E-state index < -0.39 is 5.91 Å². The monoisotopic (exact) mass is 274 g/mol. The molecule has 0 saturated heterocycles. The number of hydrogen-bond donors (Lipinski definition) is 2. The molecule has 0 spiro atoms. The molecule has 0 unspecified atom stereocenters. The molecular formula is C14H18N4O2. The van der Waals surface area contributed by atoms with Crippen LogP contribution in [-0.2, 0) is 11.3 Å². The Morgan fingerprint density at radius 1 is 1.35 bits per heavy atom. The van der Waals surface area contributed by atoms with Crippen LogP contribution in [0, 0.1) is 0 Å². The van der Waals surface area contributed by atoms with Crippen molar-refractivity contribution < 1.29 is 9.53 Å². The fourth-order valence-corrected chi connectivity index (χ4v) is 2.17. The Morgan fingerprint density at radius 2 is 2.10 bits per heavy atom. The Balaban J connectivity index is 2.43. The van der Waals surface area contributed by atoms with Gasteiger partial charge in [-0.2, -0.15) is 4.99 Å². The van der Waals surface area contributed by atoms with Gasteiger partial charge in [0.25, 0.3) is 5.91 Å². The third-order valence-electron chi connectivity index (χ3n) is 2.99. The molecule has 106 valence electrons. The highest BCUT2D eigenvalue weighted by molar-refractivity contribution is 6.04. The van der Waals surface area contributed by atoms with Crippen LogP contribution in [0.5, 0.6) is 0 Å². The minimum absolute atomic E-state index is 0.233. The van der Waals surface area contributed by atoms with Gasteiger partial charge in [0.05, 0.1) is 0 Å². The molecule has 1 aromatic heterocycles. The third kappa shape index (κ3) is 2.97. The standard InChI is InChI=1S/C14H18N4O2/c1-20-8-4-7-18-11-6-3-2-5-10(11)9-12(18)13(19)17-14(15)16/h2-3,5-6,9H,4,7-8H2,1H3,(H4,15,16,17,19). The van der Waals surface area contributed by atoms with Gasteiger partial charge in [-0.1, -0.05) is 18.2 Å². The van der Waals surface area contributed by atoms with Crippen LogP contribution in [0.3, 0.4) is 0 Å². The number of amides is 1. The number of ether oxygens (including phenoxy) is 1. The van der Waals surface area contributed by atoms with Crippen LogP contribution in [0.2, 0.25) is 0 Å². The fourth-order valence-electron chi connectivity index (χ4n) is 2.17. The second-order valence-corrected chi connectivity index (χ2v) is 4.43. The van der Waals surface area contributed by atoms with E-state index in [1.54, 1.807) is 13.2 Å². The minimum Gasteiger partial charge on any atom is -0.385 e. The summed E-state index contributed by atoms with van der Waals surface area (Å²) in [4.78, 5) is 15.7. The molecule has 1 heterocycles. The topological polar surface area (TPSA) is 95.6 Å². The molecule has 0 radical (unpaired) electrons. The van der Waals surface area contributed by atoms with Crippen molar-refractivity contribution in [2.45, 2.75) is 13.0 Å². The highest BCUT2D eigenvalue weighted by Crippen LogP contribution is 2.21. The van der Waals surface area contributed by atoms with Gasteiger partial charge in [-0.05, 0) is 18.6 Å². The van der Waals surface area contributed by atoms with Crippen molar-refractivity contribution in [2.75, 3.05) is 13.7 Å². The SMILES string of the molecule is COCCCn1c(C(=O)N=C(N)N)cc2ccccc21. The van der Waals surface area contributed by atoms with Crippen molar-refractivity contribution in [3.8, 4) is 0 Å². The number of benzene rings is 1. The Morgan fingerprint density at radius 3 is 2.80 bits per heavy atom. The maximum absolute atomic E-state index is 12.1. The summed E-state index contributed by atoms with van der Waals surface area (Å²) in [5, 5.41) is 0.985. The van der Waals surface area contributed by atoms with Crippen LogP contribution in [0.4, 0.5) is 0 Å². The lowest BCUT2D eigenvalue weighted by Crippen LogP contribution is -2.24. The van der Waals surface area contributed by atoms with Gasteiger partial charge in [-0.25, -0.2) is 0 Å². The van der Waals surface area contributed by atoms with Gasteiger partial charge in [0.15, 0.2) is 5.96 Å². The number of carbonyl (C=O) groups excluding carboxylic acids is 1. The Kier molecular flexibility index (Phi) is 4.37. The number of nitrogens with zero attached hydrogens (tertiary/aromatic N) is 2. The van der Waals surface area contributed by atoms with E-state index in [9.17, 15) is 4.79 Å². The lowest BCUT2D eigenvalue weighted by Gasteiger charge is -2.08. The molecule has 0 aliphatic carbocycles. The number of aliphatic imine (C=N–C) groups is 1. The number of aromatic nitrogens is 1. The highest BCUT2D eigenvalue weighted by Gasteiger charge is 2.14. The minimum atomic E-state index is -0.432. The third-order valence-corrected chi connectivity index (χ3v) is 2.99. The van der Waals surface area contributed by atoms with Gasteiger partial charge in [-0.15, -0.1) is 0 Å². The molecule has 6 nitrogen and oxygen atoms in total. The lowest BCUT2D eigenvalue weighted by molar-refractivity contribution is 0.0993. The maximum atomic E-state index is 12.1. The molecule has 0 saturated carbocycles. The Bertz CT molecular complexity index is 642. The lowest BCUT2D eigenvalue weighted by atomic mass is 10.2. The van der Waals surface area contributed by atoms with Gasteiger partial charge in [0.2, 0.25) is 0 Å². The summed E-state index contributed by atoms with van der Waals surface area (Å²) < 4.78 is 6.97. The molecular weight excluding hydrogens is 256 g/mol. The summed E-state index contributed by atoms with van der Waals surface area (Å²) in [7, 11) is 1.65. The number of para-hydroxylation sites is 1. The molecule has 0 fully saturated rings. The van der Waals surface area contributed by atoms with E-state index >= 15 is 0 Å². The van der Waals surface area contributed by atoms with E-state index in [2.05, 4.69) is 4.99 Å². The normalized spacial score (nSPS) is 10.7. The molecule has 0 bridgehead atoms. The van der Waals surface area contributed by atoms with E-state index in [0.717, 1.165) is 17.3 Å². The van der Waals surface area contributed by atoms with Crippen LogP contribution in [0.25, 0.3) is 10.9 Å². The molecule has 0 aliphatic heterocycles. The first-order valence-corrected chi connectivity index (χ1v) is 6.34. The molecule has 0 aliphatic rings. The molecule has 2 rings (SSSR count). The summed E-state index contributed by atoms with van der Waals surface area (Å²) in [6.45, 7) is 1.30. The molecule has 1 aromatic carbocycles. The smallest absolute Gasteiger partial charge is 0.296 e. The van der Waals surface area contributed by atoms with E-state index in [1.807, 2.05) is 28.8 Å². The average molecular weight is 274 g/mol. The van der Waals surface area contributed by atoms with Crippen molar-refractivity contribution in [1.29, 1.82) is 0 Å². The summed E-state index contributed by atoms with van der Waals surface area (Å²) in [5.41, 5.74) is 12.0. The summed E-state index contributed by atoms with van der Waals surface area (Å²) in [5.74, 6) is -0.665. The molecule has 20 heavy (non-hydrogen) atoms. The van der Waals surface area contributed by atoms with E-state index in [0.29, 0.717) is 18.8 Å². The summed E-state index contributed by atoms with van der Waals surface area (Å²) >= 11 is 0. The van der Waals surface area contributed by atoms with Crippen LogP contribution < -0.4 is 11.5 Å². The summed E-state index contributed by atoms with van der Waals surface area (Å²) in [6.07, 6.45) is 0.803. The number of methoxy groups -OCH3 is 1.